The fraction of sp³-hybridized carbons (Fsp3) is 0.429. The highest BCUT2D eigenvalue weighted by Crippen LogP contribution is 2.30. The van der Waals surface area contributed by atoms with E-state index in [0.29, 0.717) is 29.7 Å². The van der Waals surface area contributed by atoms with Crippen LogP contribution in [0.2, 0.25) is 0 Å². The molecule has 2 aromatic rings. The number of carbonyl (C=O) groups is 2. The number of benzene rings is 1. The molecule has 1 aliphatic rings. The lowest BCUT2D eigenvalue weighted by molar-refractivity contribution is 0.0433. The Morgan fingerprint density at radius 1 is 1.19 bits per heavy atom. The Labute approximate surface area is 153 Å². The third-order valence-electron chi connectivity index (χ3n) is 4.95. The van der Waals surface area contributed by atoms with E-state index in [1.54, 1.807) is 6.92 Å². The number of Topliss-reactive ketones (excluding diaryl/α,β-unsaturated/α-hetero) is 1. The SMILES string of the molecule is CCN(CC)c1ccccc1COC(=O)c1oc2c(c1C)C(=O)CCC2. The molecule has 0 saturated carbocycles. The van der Waals surface area contributed by atoms with Crippen molar-refractivity contribution in [2.75, 3.05) is 18.0 Å². The van der Waals surface area contributed by atoms with Crippen molar-refractivity contribution in [3.8, 4) is 0 Å². The Morgan fingerprint density at radius 2 is 1.92 bits per heavy atom. The molecule has 138 valence electrons. The van der Waals surface area contributed by atoms with Crippen LogP contribution in [0.5, 0.6) is 0 Å². The summed E-state index contributed by atoms with van der Waals surface area (Å²) in [4.78, 5) is 26.9. The summed E-state index contributed by atoms with van der Waals surface area (Å²) in [5.41, 5.74) is 3.20. The summed E-state index contributed by atoms with van der Waals surface area (Å²) in [6.07, 6.45) is 1.98. The number of hydrogen-bond acceptors (Lipinski definition) is 5. The molecule has 0 bridgehead atoms. The number of carbonyl (C=O) groups excluding carboxylic acids is 2. The van der Waals surface area contributed by atoms with Gasteiger partial charge in [0.15, 0.2) is 5.78 Å². The predicted molar refractivity (Wildman–Crippen MR) is 99.8 cm³/mol. The summed E-state index contributed by atoms with van der Waals surface area (Å²) < 4.78 is 11.2. The summed E-state index contributed by atoms with van der Waals surface area (Å²) in [6.45, 7) is 7.89. The van der Waals surface area contributed by atoms with E-state index < -0.39 is 5.97 Å². The van der Waals surface area contributed by atoms with Crippen LogP contribution in [0, 0.1) is 6.92 Å². The van der Waals surface area contributed by atoms with Crippen LogP contribution in [0.4, 0.5) is 5.69 Å². The first-order valence-corrected chi connectivity index (χ1v) is 9.22. The lowest BCUT2D eigenvalue weighted by Gasteiger charge is -2.23. The van der Waals surface area contributed by atoms with E-state index in [-0.39, 0.29) is 18.2 Å². The summed E-state index contributed by atoms with van der Waals surface area (Å²) >= 11 is 0. The molecule has 0 unspecified atom stereocenters. The van der Waals surface area contributed by atoms with E-state index in [1.165, 1.54) is 0 Å². The largest absolute Gasteiger partial charge is 0.455 e. The molecule has 1 aliphatic carbocycles. The molecule has 0 atom stereocenters. The number of para-hydroxylation sites is 1. The van der Waals surface area contributed by atoms with Crippen LogP contribution in [0.25, 0.3) is 0 Å². The number of fused-ring (bicyclic) bond motifs is 1. The van der Waals surface area contributed by atoms with Crippen molar-refractivity contribution in [3.63, 3.8) is 0 Å². The number of esters is 1. The number of hydrogen-bond donors (Lipinski definition) is 0. The maximum atomic E-state index is 12.5. The Bertz CT molecular complexity index is 817. The molecule has 0 radical (unpaired) electrons. The highest BCUT2D eigenvalue weighted by Gasteiger charge is 2.29. The molecule has 0 N–H and O–H groups in total. The smallest absolute Gasteiger partial charge is 0.374 e. The minimum absolute atomic E-state index is 0.0541. The lowest BCUT2D eigenvalue weighted by Crippen LogP contribution is -2.23. The summed E-state index contributed by atoms with van der Waals surface area (Å²) in [5.74, 6) is 0.317. The van der Waals surface area contributed by atoms with Crippen molar-refractivity contribution in [1.29, 1.82) is 0 Å². The van der Waals surface area contributed by atoms with Gasteiger partial charge in [-0.05, 0) is 33.3 Å². The number of ether oxygens (including phenoxy) is 1. The molecule has 0 aliphatic heterocycles. The minimum atomic E-state index is -0.515. The van der Waals surface area contributed by atoms with Crippen LogP contribution in [-0.4, -0.2) is 24.8 Å². The highest BCUT2D eigenvalue weighted by atomic mass is 16.5. The summed E-state index contributed by atoms with van der Waals surface area (Å²) in [7, 11) is 0. The van der Waals surface area contributed by atoms with Gasteiger partial charge in [-0.15, -0.1) is 0 Å². The molecule has 0 saturated heterocycles. The number of furan rings is 1. The average molecular weight is 355 g/mol. The first-order valence-electron chi connectivity index (χ1n) is 9.22. The fourth-order valence-electron chi connectivity index (χ4n) is 3.56. The molecule has 3 rings (SSSR count). The lowest BCUT2D eigenvalue weighted by atomic mass is 9.94. The average Bonchev–Trinajstić information content (AvgIpc) is 3.00. The molecule has 0 fully saturated rings. The Morgan fingerprint density at radius 3 is 2.62 bits per heavy atom. The second-order valence-corrected chi connectivity index (χ2v) is 6.51. The zero-order valence-electron chi connectivity index (χ0n) is 15.6. The quantitative estimate of drug-likeness (QED) is 0.723. The third kappa shape index (κ3) is 3.39. The second-order valence-electron chi connectivity index (χ2n) is 6.51. The molecule has 1 aromatic heterocycles. The van der Waals surface area contributed by atoms with E-state index in [0.717, 1.165) is 30.8 Å². The molecule has 1 aromatic carbocycles. The van der Waals surface area contributed by atoms with Crippen LogP contribution >= 0.6 is 0 Å². The highest BCUT2D eigenvalue weighted by molar-refractivity contribution is 6.02. The molecular formula is C21H25NO4. The van der Waals surface area contributed by atoms with Crippen LogP contribution in [0.1, 0.15) is 64.5 Å². The van der Waals surface area contributed by atoms with Crippen LogP contribution < -0.4 is 4.90 Å². The normalized spacial score (nSPS) is 13.4. The molecule has 1 heterocycles. The fourth-order valence-corrected chi connectivity index (χ4v) is 3.56. The van der Waals surface area contributed by atoms with E-state index >= 15 is 0 Å². The monoisotopic (exact) mass is 355 g/mol. The Kier molecular flexibility index (Phi) is 5.45. The van der Waals surface area contributed by atoms with Crippen molar-refractivity contribution in [1.82, 2.24) is 0 Å². The van der Waals surface area contributed by atoms with Crippen LogP contribution in [-0.2, 0) is 17.8 Å². The van der Waals surface area contributed by atoms with Gasteiger partial charge in [0, 0.05) is 42.7 Å². The van der Waals surface area contributed by atoms with Gasteiger partial charge in [0.1, 0.15) is 12.4 Å². The van der Waals surface area contributed by atoms with Gasteiger partial charge in [-0.25, -0.2) is 4.79 Å². The van der Waals surface area contributed by atoms with Gasteiger partial charge in [-0.2, -0.15) is 0 Å². The van der Waals surface area contributed by atoms with Crippen LogP contribution in [0.15, 0.2) is 28.7 Å². The standard InChI is InChI=1S/C21H25NO4/c1-4-22(5-2)16-10-7-6-9-15(16)13-25-21(24)20-14(3)19-17(23)11-8-12-18(19)26-20/h6-7,9-10H,4-5,8,11-13H2,1-3H3. The summed E-state index contributed by atoms with van der Waals surface area (Å²) in [5, 5.41) is 0. The van der Waals surface area contributed by atoms with Gasteiger partial charge in [0.2, 0.25) is 5.76 Å². The van der Waals surface area contributed by atoms with Crippen molar-refractivity contribution < 1.29 is 18.7 Å². The predicted octanol–water partition coefficient (Wildman–Crippen LogP) is 4.31. The molecule has 5 nitrogen and oxygen atoms in total. The van der Waals surface area contributed by atoms with Gasteiger partial charge in [0.25, 0.3) is 0 Å². The zero-order valence-corrected chi connectivity index (χ0v) is 15.6. The van der Waals surface area contributed by atoms with E-state index in [1.807, 2.05) is 24.3 Å². The molecule has 5 heteroatoms. The third-order valence-corrected chi connectivity index (χ3v) is 4.95. The Balaban J connectivity index is 1.78. The number of nitrogens with zero attached hydrogens (tertiary/aromatic N) is 1. The van der Waals surface area contributed by atoms with Gasteiger partial charge >= 0.3 is 5.97 Å². The second kappa shape index (κ2) is 7.77. The van der Waals surface area contributed by atoms with Gasteiger partial charge in [-0.1, -0.05) is 18.2 Å². The first kappa shape index (κ1) is 18.2. The van der Waals surface area contributed by atoms with E-state index in [4.69, 9.17) is 9.15 Å². The Hall–Kier alpha value is -2.56. The number of ketones is 1. The van der Waals surface area contributed by atoms with E-state index in [9.17, 15) is 9.59 Å². The van der Waals surface area contributed by atoms with Gasteiger partial charge in [-0.3, -0.25) is 4.79 Å². The number of rotatable bonds is 6. The minimum Gasteiger partial charge on any atom is -0.455 e. The summed E-state index contributed by atoms with van der Waals surface area (Å²) in [6, 6.07) is 7.91. The van der Waals surface area contributed by atoms with Crippen molar-refractivity contribution >= 4 is 17.4 Å². The zero-order chi connectivity index (χ0) is 18.7. The molecule has 0 amide bonds. The number of aryl methyl sites for hydroxylation is 1. The topological polar surface area (TPSA) is 59.8 Å². The van der Waals surface area contributed by atoms with Crippen molar-refractivity contribution in [3.05, 3.63) is 52.5 Å². The molecule has 0 spiro atoms. The van der Waals surface area contributed by atoms with Gasteiger partial charge in [0.05, 0.1) is 5.56 Å². The maximum Gasteiger partial charge on any atom is 0.374 e. The van der Waals surface area contributed by atoms with Gasteiger partial charge < -0.3 is 14.1 Å². The molecule has 26 heavy (non-hydrogen) atoms. The molecular weight excluding hydrogens is 330 g/mol. The van der Waals surface area contributed by atoms with Crippen LogP contribution in [0.3, 0.4) is 0 Å². The number of anilines is 1. The van der Waals surface area contributed by atoms with Crippen molar-refractivity contribution in [2.45, 2.75) is 46.6 Å². The van der Waals surface area contributed by atoms with E-state index in [2.05, 4.69) is 18.7 Å². The maximum absolute atomic E-state index is 12.5. The first-order chi connectivity index (χ1) is 12.6. The van der Waals surface area contributed by atoms with Crippen molar-refractivity contribution in [2.24, 2.45) is 0 Å².